The molecule has 1 aliphatic carbocycles. The van der Waals surface area contributed by atoms with E-state index in [1.54, 1.807) is 24.3 Å². The van der Waals surface area contributed by atoms with E-state index in [4.69, 9.17) is 15.9 Å². The lowest BCUT2D eigenvalue weighted by atomic mass is 9.86. The number of hydrogen-bond acceptors (Lipinski definition) is 6. The molecule has 0 aromatic heterocycles. The topological polar surface area (TPSA) is 160 Å². The Hall–Kier alpha value is -4.16. The highest BCUT2D eigenvalue weighted by Crippen LogP contribution is 2.28. The highest BCUT2D eigenvalue weighted by molar-refractivity contribution is 6.08. The molecule has 2 aliphatic heterocycles. The molecule has 2 saturated heterocycles. The summed E-state index contributed by atoms with van der Waals surface area (Å²) < 4.78 is 21.0. The van der Waals surface area contributed by atoms with Crippen LogP contribution in [0.3, 0.4) is 0 Å². The van der Waals surface area contributed by atoms with Gasteiger partial charge in [-0.3, -0.25) is 29.5 Å². The van der Waals surface area contributed by atoms with Crippen LogP contribution in [0.1, 0.15) is 96.1 Å². The first-order valence-corrected chi connectivity index (χ1v) is 18.2. The monoisotopic (exact) mass is 691 g/mol. The van der Waals surface area contributed by atoms with Crippen molar-refractivity contribution in [3.05, 3.63) is 70.5 Å². The third kappa shape index (κ3) is 10.7. The number of nitrogens with zero attached hydrogens (tertiary/aromatic N) is 2. The maximum atomic E-state index is 14.6. The molecule has 4 amide bonds. The summed E-state index contributed by atoms with van der Waals surface area (Å²) in [5.74, 6) is -1.15. The highest BCUT2D eigenvalue weighted by atomic mass is 19.1. The normalized spacial score (nSPS) is 18.1. The van der Waals surface area contributed by atoms with Gasteiger partial charge in [0.1, 0.15) is 5.82 Å². The molecule has 1 saturated carbocycles. The van der Waals surface area contributed by atoms with E-state index in [1.165, 1.54) is 50.3 Å². The number of carbonyl (C=O) groups excluding carboxylic acids is 4. The standard InChI is InChI=1S/C38H51FN6O5/c39-33-11-10-27(23-34(40)30-8-4-5-9-31(30)37(41)48)22-32(33)38(49)43-17-16-42-35(46)25-44-18-12-28(13-19-44)50-29-14-20-45(21-15-29)36(47)24-26-6-2-1-3-7-26/h4-5,8-11,22,26,28-29,40H,1-3,6-7,12-21,23-25H2,(H2,41,48)(H,42,46)(H,43,49)/p+1. The van der Waals surface area contributed by atoms with Gasteiger partial charge in [0.25, 0.3) is 5.91 Å². The van der Waals surface area contributed by atoms with Crippen LogP contribution in [0.5, 0.6) is 0 Å². The van der Waals surface area contributed by atoms with E-state index < -0.39 is 17.6 Å². The number of nitrogens with one attached hydrogen (secondary N) is 2. The van der Waals surface area contributed by atoms with Gasteiger partial charge in [-0.1, -0.05) is 37.5 Å². The maximum Gasteiger partial charge on any atom is 0.254 e. The van der Waals surface area contributed by atoms with Crippen molar-refractivity contribution in [2.75, 3.05) is 45.8 Å². The van der Waals surface area contributed by atoms with Crippen molar-refractivity contribution < 1.29 is 33.7 Å². The number of rotatable bonds is 14. The Labute approximate surface area is 294 Å². The van der Waals surface area contributed by atoms with E-state index in [9.17, 15) is 23.6 Å². The smallest absolute Gasteiger partial charge is 0.254 e. The van der Waals surface area contributed by atoms with Crippen molar-refractivity contribution in [1.82, 2.24) is 20.4 Å². The van der Waals surface area contributed by atoms with Crippen LogP contribution in [0.25, 0.3) is 0 Å². The summed E-state index contributed by atoms with van der Waals surface area (Å²) in [5.41, 5.74) is 7.07. The van der Waals surface area contributed by atoms with Crippen LogP contribution in [-0.2, 0) is 20.7 Å². The van der Waals surface area contributed by atoms with Crippen LogP contribution < -0.4 is 21.8 Å². The number of benzene rings is 2. The lowest BCUT2D eigenvalue weighted by molar-refractivity contribution is -0.136. The summed E-state index contributed by atoms with van der Waals surface area (Å²) in [7, 11) is 0. The van der Waals surface area contributed by atoms with Crippen molar-refractivity contribution in [3.63, 3.8) is 0 Å². The summed E-state index contributed by atoms with van der Waals surface area (Å²) >= 11 is 0. The molecule has 2 aromatic carbocycles. The molecule has 0 bridgehead atoms. The van der Waals surface area contributed by atoms with E-state index in [2.05, 4.69) is 15.5 Å². The van der Waals surface area contributed by atoms with Gasteiger partial charge in [-0.05, 0) is 74.3 Å². The van der Waals surface area contributed by atoms with E-state index in [1.807, 2.05) is 4.90 Å². The van der Waals surface area contributed by atoms with Crippen LogP contribution in [0, 0.1) is 11.7 Å². The van der Waals surface area contributed by atoms with E-state index in [0.717, 1.165) is 51.9 Å². The Bertz CT molecular complexity index is 1510. The first-order chi connectivity index (χ1) is 24.2. The second-order valence-electron chi connectivity index (χ2n) is 13.9. The highest BCUT2D eigenvalue weighted by Gasteiger charge is 2.29. The molecule has 3 fully saturated rings. The van der Waals surface area contributed by atoms with Crippen LogP contribution in [0.15, 0.2) is 42.5 Å². The molecule has 2 heterocycles. The number of halogens is 1. The fraction of sp³-hybridized carbons (Fsp3) is 0.553. The quantitative estimate of drug-likeness (QED) is 0.175. The van der Waals surface area contributed by atoms with Gasteiger partial charge in [0.2, 0.25) is 17.7 Å². The van der Waals surface area contributed by atoms with Gasteiger partial charge in [0.15, 0.2) is 5.71 Å². The average molecular weight is 692 g/mol. The summed E-state index contributed by atoms with van der Waals surface area (Å²) in [5, 5.41) is 11.7. The maximum absolute atomic E-state index is 14.6. The third-order valence-electron chi connectivity index (χ3n) is 10.2. The Balaban J connectivity index is 0.956. The molecular formula is C38H52FN6O5+. The molecule has 2 aromatic rings. The molecule has 50 heavy (non-hydrogen) atoms. The number of hydrogen-bond donors (Lipinski definition) is 4. The van der Waals surface area contributed by atoms with Gasteiger partial charge >= 0.3 is 0 Å². The molecule has 0 spiro atoms. The largest absolute Gasteiger partial charge is 0.375 e. The summed E-state index contributed by atoms with van der Waals surface area (Å²) in [6.07, 6.45) is 10.9. The van der Waals surface area contributed by atoms with E-state index >= 15 is 0 Å². The van der Waals surface area contributed by atoms with Crippen molar-refractivity contribution in [3.8, 4) is 0 Å². The Morgan fingerprint density at radius 2 is 1.46 bits per heavy atom. The summed E-state index contributed by atoms with van der Waals surface area (Å²) in [6.45, 7) is 3.68. The Morgan fingerprint density at radius 1 is 0.820 bits per heavy atom. The average Bonchev–Trinajstić information content (AvgIpc) is 3.12. The zero-order valence-corrected chi connectivity index (χ0v) is 29.0. The minimum absolute atomic E-state index is 0.134. The van der Waals surface area contributed by atoms with Crippen molar-refractivity contribution >= 4 is 29.3 Å². The van der Waals surface area contributed by atoms with Crippen LogP contribution >= 0.6 is 0 Å². The number of likely N-dealkylation sites (tertiary alicyclic amines) is 2. The SMILES string of the molecule is NC(=O)c1ccccc1C(=[NH2+])Cc1ccc(F)c(C(=O)NCCNC(=O)CN2CCC(OC3CCN(C(=O)CC4CCCCC4)CC3)CC2)c1. The number of ether oxygens (including phenoxy) is 1. The van der Waals surface area contributed by atoms with E-state index in [-0.39, 0.29) is 55.3 Å². The minimum atomic E-state index is -0.677. The zero-order chi connectivity index (χ0) is 35.5. The van der Waals surface area contributed by atoms with Gasteiger partial charge < -0.3 is 26.0 Å². The molecular weight excluding hydrogens is 639 g/mol. The third-order valence-corrected chi connectivity index (χ3v) is 10.2. The van der Waals surface area contributed by atoms with Crippen LogP contribution in [0.2, 0.25) is 0 Å². The fourth-order valence-electron chi connectivity index (χ4n) is 7.37. The number of primary amides is 1. The second kappa shape index (κ2) is 18.2. The Morgan fingerprint density at radius 3 is 2.14 bits per heavy atom. The summed E-state index contributed by atoms with van der Waals surface area (Å²) in [6, 6.07) is 10.9. The first kappa shape index (κ1) is 37.1. The number of nitrogens with two attached hydrogens (primary N) is 2. The zero-order valence-electron chi connectivity index (χ0n) is 29.0. The number of carbonyl (C=O) groups is 4. The van der Waals surface area contributed by atoms with Gasteiger partial charge in [-0.2, -0.15) is 0 Å². The van der Waals surface area contributed by atoms with Crippen molar-refractivity contribution in [2.24, 2.45) is 11.7 Å². The van der Waals surface area contributed by atoms with E-state index in [0.29, 0.717) is 35.1 Å². The molecule has 0 atom stereocenters. The van der Waals surface area contributed by atoms with Crippen molar-refractivity contribution in [2.45, 2.75) is 82.8 Å². The minimum Gasteiger partial charge on any atom is -0.375 e. The lowest BCUT2D eigenvalue weighted by Crippen LogP contribution is -2.46. The van der Waals surface area contributed by atoms with Gasteiger partial charge in [0.05, 0.1) is 41.9 Å². The molecule has 11 nitrogen and oxygen atoms in total. The molecule has 270 valence electrons. The first-order valence-electron chi connectivity index (χ1n) is 18.2. The molecule has 0 radical (unpaired) electrons. The molecule has 3 aliphatic rings. The molecule has 0 unspecified atom stereocenters. The predicted octanol–water partition coefficient (Wildman–Crippen LogP) is 2.00. The van der Waals surface area contributed by atoms with Crippen LogP contribution in [0.4, 0.5) is 4.39 Å². The summed E-state index contributed by atoms with van der Waals surface area (Å²) in [4.78, 5) is 54.0. The molecule has 6 N–H and O–H groups in total. The molecule has 5 rings (SSSR count). The number of piperidine rings is 2. The second-order valence-corrected chi connectivity index (χ2v) is 13.9. The molecule has 12 heteroatoms. The van der Waals surface area contributed by atoms with Gasteiger partial charge in [-0.15, -0.1) is 0 Å². The lowest BCUT2D eigenvalue weighted by Gasteiger charge is -2.37. The van der Waals surface area contributed by atoms with Crippen molar-refractivity contribution in [1.29, 1.82) is 0 Å². The van der Waals surface area contributed by atoms with Gasteiger partial charge in [0, 0.05) is 45.7 Å². The Kier molecular flexibility index (Phi) is 13.5. The fourth-order valence-corrected chi connectivity index (χ4v) is 7.37. The van der Waals surface area contributed by atoms with Crippen LogP contribution in [-0.4, -0.2) is 97.2 Å². The predicted molar refractivity (Wildman–Crippen MR) is 188 cm³/mol. The van der Waals surface area contributed by atoms with Gasteiger partial charge in [-0.25, -0.2) is 4.39 Å². The number of amides is 4.